The van der Waals surface area contributed by atoms with Gasteiger partial charge in [0, 0.05) is 9.26 Å². The highest BCUT2D eigenvalue weighted by molar-refractivity contribution is 14.1. The fourth-order valence-electron chi connectivity index (χ4n) is 1.33. The molecule has 1 aliphatic heterocycles. The summed E-state index contributed by atoms with van der Waals surface area (Å²) in [6.45, 7) is 3.81. The molecule has 0 bridgehead atoms. The molecule has 0 amide bonds. The van der Waals surface area contributed by atoms with Gasteiger partial charge in [-0.25, -0.2) is 0 Å². The van der Waals surface area contributed by atoms with Crippen molar-refractivity contribution in [1.82, 2.24) is 0 Å². The van der Waals surface area contributed by atoms with E-state index in [1.807, 2.05) is 0 Å². The molecule has 0 aliphatic carbocycles. The average molecular weight is 289 g/mol. The van der Waals surface area contributed by atoms with Gasteiger partial charge in [-0.15, -0.1) is 0 Å². The van der Waals surface area contributed by atoms with E-state index < -0.39 is 0 Å². The predicted molar refractivity (Wildman–Crippen MR) is 62.1 cm³/mol. The Bertz CT molecular complexity index is 310. The maximum atomic E-state index is 5.11. The Labute approximate surface area is 91.8 Å². The van der Waals surface area contributed by atoms with E-state index in [4.69, 9.17) is 4.74 Å². The quantitative estimate of drug-likeness (QED) is 0.844. The van der Waals surface area contributed by atoms with Gasteiger partial charge in [0.05, 0.1) is 19.3 Å². The molecule has 1 aromatic rings. The fraction of sp³-hybridized carbons (Fsp3) is 0.400. The van der Waals surface area contributed by atoms with Crippen LogP contribution in [-0.2, 0) is 4.74 Å². The van der Waals surface area contributed by atoms with E-state index in [-0.39, 0.29) is 0 Å². The van der Waals surface area contributed by atoms with Crippen molar-refractivity contribution in [3.63, 3.8) is 0 Å². The Hall–Kier alpha value is -0.290. The zero-order chi connectivity index (χ0) is 9.26. The molecule has 2 rings (SSSR count). The number of nitrogens with one attached hydrogen (secondary N) is 1. The van der Waals surface area contributed by atoms with Crippen molar-refractivity contribution in [3.05, 3.63) is 27.3 Å². The van der Waals surface area contributed by atoms with E-state index in [1.54, 1.807) is 0 Å². The second-order valence-electron chi connectivity index (χ2n) is 3.34. The first kappa shape index (κ1) is 9.27. The van der Waals surface area contributed by atoms with Crippen LogP contribution in [-0.4, -0.2) is 19.3 Å². The maximum Gasteiger partial charge on any atom is 0.0728 e. The van der Waals surface area contributed by atoms with Crippen LogP contribution >= 0.6 is 22.6 Å². The van der Waals surface area contributed by atoms with E-state index in [1.165, 1.54) is 14.8 Å². The van der Waals surface area contributed by atoms with Crippen LogP contribution in [0.5, 0.6) is 0 Å². The van der Waals surface area contributed by atoms with Crippen molar-refractivity contribution < 1.29 is 4.74 Å². The van der Waals surface area contributed by atoms with Gasteiger partial charge >= 0.3 is 0 Å². The number of rotatable bonds is 2. The minimum Gasteiger partial charge on any atom is -0.377 e. The molecule has 70 valence electrons. The minimum atomic E-state index is 0.513. The van der Waals surface area contributed by atoms with Crippen molar-refractivity contribution in [2.75, 3.05) is 18.5 Å². The van der Waals surface area contributed by atoms with Crippen LogP contribution in [0, 0.1) is 10.5 Å². The zero-order valence-electron chi connectivity index (χ0n) is 7.51. The third kappa shape index (κ3) is 2.14. The van der Waals surface area contributed by atoms with E-state index in [9.17, 15) is 0 Å². The second kappa shape index (κ2) is 3.84. The molecule has 0 saturated carbocycles. The average Bonchev–Trinajstić information content (AvgIpc) is 1.99. The van der Waals surface area contributed by atoms with Gasteiger partial charge in [-0.1, -0.05) is 0 Å². The van der Waals surface area contributed by atoms with Crippen molar-refractivity contribution in [1.29, 1.82) is 0 Å². The summed E-state index contributed by atoms with van der Waals surface area (Å²) >= 11 is 2.33. The highest BCUT2D eigenvalue weighted by Gasteiger charge is 2.18. The molecule has 0 aromatic heterocycles. The highest BCUT2D eigenvalue weighted by atomic mass is 127. The van der Waals surface area contributed by atoms with Gasteiger partial charge in [0.15, 0.2) is 0 Å². The molecule has 0 radical (unpaired) electrons. The largest absolute Gasteiger partial charge is 0.377 e. The summed E-state index contributed by atoms with van der Waals surface area (Å²) < 4.78 is 6.39. The normalized spacial score (nSPS) is 16.8. The standard InChI is InChI=1S/C10H12INO/c1-7-4-8(11)2-3-10(7)12-9-5-13-6-9/h2-4,9,12H,5-6H2,1H3. The number of hydrogen-bond acceptors (Lipinski definition) is 2. The molecule has 2 nitrogen and oxygen atoms in total. The van der Waals surface area contributed by atoms with Gasteiger partial charge < -0.3 is 10.1 Å². The van der Waals surface area contributed by atoms with Gasteiger partial charge in [0.25, 0.3) is 0 Å². The molecule has 3 heteroatoms. The van der Waals surface area contributed by atoms with Crippen LogP contribution in [0.1, 0.15) is 5.56 Å². The first-order valence-electron chi connectivity index (χ1n) is 4.36. The molecule has 13 heavy (non-hydrogen) atoms. The van der Waals surface area contributed by atoms with Crippen LogP contribution in [0.2, 0.25) is 0 Å². The highest BCUT2D eigenvalue weighted by Crippen LogP contribution is 2.19. The van der Waals surface area contributed by atoms with E-state index in [2.05, 4.69) is 53.0 Å². The Kier molecular flexibility index (Phi) is 2.74. The molecule has 0 spiro atoms. The number of benzene rings is 1. The molecule has 1 heterocycles. The Morgan fingerprint density at radius 2 is 2.23 bits per heavy atom. The van der Waals surface area contributed by atoms with Gasteiger partial charge in [0.1, 0.15) is 0 Å². The molecule has 1 aliphatic rings. The van der Waals surface area contributed by atoms with Gasteiger partial charge in [-0.2, -0.15) is 0 Å². The summed E-state index contributed by atoms with van der Waals surface area (Å²) in [6.07, 6.45) is 0. The summed E-state index contributed by atoms with van der Waals surface area (Å²) in [7, 11) is 0. The lowest BCUT2D eigenvalue weighted by Gasteiger charge is -2.28. The third-order valence-electron chi connectivity index (χ3n) is 2.19. The third-order valence-corrected chi connectivity index (χ3v) is 2.86. The summed E-state index contributed by atoms with van der Waals surface area (Å²) in [6, 6.07) is 6.95. The van der Waals surface area contributed by atoms with Gasteiger partial charge in [0.2, 0.25) is 0 Å². The first-order chi connectivity index (χ1) is 6.25. The molecular formula is C10H12INO. The van der Waals surface area contributed by atoms with E-state index >= 15 is 0 Å². The number of hydrogen-bond donors (Lipinski definition) is 1. The molecule has 1 N–H and O–H groups in total. The van der Waals surface area contributed by atoms with Crippen molar-refractivity contribution in [3.8, 4) is 0 Å². The number of anilines is 1. The topological polar surface area (TPSA) is 21.3 Å². The van der Waals surface area contributed by atoms with Crippen molar-refractivity contribution >= 4 is 28.3 Å². The summed E-state index contributed by atoms with van der Waals surface area (Å²) in [5, 5.41) is 3.45. The molecule has 1 saturated heterocycles. The second-order valence-corrected chi connectivity index (χ2v) is 4.58. The van der Waals surface area contributed by atoms with Gasteiger partial charge in [-0.3, -0.25) is 0 Å². The Morgan fingerprint density at radius 1 is 1.46 bits per heavy atom. The number of aryl methyl sites for hydroxylation is 1. The molecule has 1 fully saturated rings. The molecule has 0 unspecified atom stereocenters. The molecular weight excluding hydrogens is 277 g/mol. The molecule has 1 aromatic carbocycles. The summed E-state index contributed by atoms with van der Waals surface area (Å²) in [4.78, 5) is 0. The van der Waals surface area contributed by atoms with Crippen LogP contribution in [0.15, 0.2) is 18.2 Å². The van der Waals surface area contributed by atoms with Crippen LogP contribution in [0.3, 0.4) is 0 Å². The van der Waals surface area contributed by atoms with Crippen LogP contribution in [0.25, 0.3) is 0 Å². The monoisotopic (exact) mass is 289 g/mol. The number of halogens is 1. The zero-order valence-corrected chi connectivity index (χ0v) is 9.67. The lowest BCUT2D eigenvalue weighted by atomic mass is 10.1. The van der Waals surface area contributed by atoms with Crippen molar-refractivity contribution in [2.24, 2.45) is 0 Å². The number of ether oxygens (including phenoxy) is 1. The fourth-order valence-corrected chi connectivity index (χ4v) is 1.97. The van der Waals surface area contributed by atoms with Crippen molar-refractivity contribution in [2.45, 2.75) is 13.0 Å². The van der Waals surface area contributed by atoms with E-state index in [0.29, 0.717) is 6.04 Å². The Morgan fingerprint density at radius 3 is 2.77 bits per heavy atom. The van der Waals surface area contributed by atoms with Gasteiger partial charge in [-0.05, 0) is 53.3 Å². The van der Waals surface area contributed by atoms with Crippen LogP contribution < -0.4 is 5.32 Å². The predicted octanol–water partition coefficient (Wildman–Crippen LogP) is 2.41. The maximum absolute atomic E-state index is 5.11. The van der Waals surface area contributed by atoms with Crippen LogP contribution in [0.4, 0.5) is 5.69 Å². The lowest BCUT2D eigenvalue weighted by Crippen LogP contribution is -2.40. The lowest BCUT2D eigenvalue weighted by molar-refractivity contribution is 0.0211. The Balaban J connectivity index is 2.10. The summed E-state index contributed by atoms with van der Waals surface area (Å²) in [5.41, 5.74) is 2.53. The SMILES string of the molecule is Cc1cc(I)ccc1NC1COC1. The first-order valence-corrected chi connectivity index (χ1v) is 5.44. The minimum absolute atomic E-state index is 0.513. The van der Waals surface area contributed by atoms with E-state index in [0.717, 1.165) is 13.2 Å². The summed E-state index contributed by atoms with van der Waals surface area (Å²) in [5.74, 6) is 0. The molecule has 0 atom stereocenters. The smallest absolute Gasteiger partial charge is 0.0728 e.